The van der Waals surface area contributed by atoms with Gasteiger partial charge in [-0.3, -0.25) is 14.6 Å². The molecule has 1 N–H and O–H groups in total. The quantitative estimate of drug-likeness (QED) is 0.659. The number of alkyl halides is 2. The van der Waals surface area contributed by atoms with Gasteiger partial charge in [0, 0.05) is 31.9 Å². The van der Waals surface area contributed by atoms with Crippen LogP contribution >= 0.6 is 0 Å². The van der Waals surface area contributed by atoms with Gasteiger partial charge < -0.3 is 10.1 Å². The maximum Gasteiger partial charge on any atom is 0.341 e. The zero-order valence-electron chi connectivity index (χ0n) is 16.8. The minimum absolute atomic E-state index is 0.0965. The number of carbonyl (C=O) groups is 2. The molecular weight excluding hydrogens is 396 g/mol. The summed E-state index contributed by atoms with van der Waals surface area (Å²) in [6, 6.07) is 9.23. The lowest BCUT2D eigenvalue weighted by Gasteiger charge is -2.34. The average molecular weight is 421 g/mol. The third-order valence-electron chi connectivity index (χ3n) is 4.81. The van der Waals surface area contributed by atoms with Crippen molar-refractivity contribution in [3.63, 3.8) is 0 Å². The van der Waals surface area contributed by atoms with Crippen LogP contribution in [0.3, 0.4) is 0 Å². The lowest BCUT2D eigenvalue weighted by molar-refractivity contribution is -0.117. The number of ether oxygens (including phenoxy) is 1. The lowest BCUT2D eigenvalue weighted by Crippen LogP contribution is -2.49. The molecule has 1 aliphatic heterocycles. The number of carbonyl (C=O) groups excluding carboxylic acids is 2. The maximum absolute atomic E-state index is 13.5. The highest BCUT2D eigenvalue weighted by Gasteiger charge is 2.27. The Morgan fingerprint density at radius 3 is 2.43 bits per heavy atom. The molecule has 0 bridgehead atoms. The second-order valence-corrected chi connectivity index (χ2v) is 6.91. The number of benzene rings is 1. The minimum Gasteiger partial charge on any atom is -0.462 e. The lowest BCUT2D eigenvalue weighted by atomic mass is 10.2. The molecule has 2 aromatic rings. The normalized spacial score (nSPS) is 15.3. The van der Waals surface area contributed by atoms with E-state index in [-0.39, 0.29) is 31.3 Å². The Labute approximate surface area is 173 Å². The third-order valence-corrected chi connectivity index (χ3v) is 4.81. The third kappa shape index (κ3) is 5.61. The van der Waals surface area contributed by atoms with Crippen molar-refractivity contribution in [3.8, 4) is 0 Å². The summed E-state index contributed by atoms with van der Waals surface area (Å²) < 4.78 is 33.0. The molecule has 162 valence electrons. The first kappa shape index (κ1) is 21.8. The number of rotatable bonds is 8. The molecule has 10 heteroatoms. The van der Waals surface area contributed by atoms with Crippen LogP contribution in [0, 0.1) is 0 Å². The highest BCUT2D eigenvalue weighted by molar-refractivity contribution is 5.92. The second-order valence-electron chi connectivity index (χ2n) is 6.91. The zero-order chi connectivity index (χ0) is 21.5. The smallest absolute Gasteiger partial charge is 0.341 e. The zero-order valence-corrected chi connectivity index (χ0v) is 16.8. The Morgan fingerprint density at radius 2 is 1.80 bits per heavy atom. The van der Waals surface area contributed by atoms with Crippen molar-refractivity contribution in [1.82, 2.24) is 19.6 Å². The summed E-state index contributed by atoms with van der Waals surface area (Å²) >= 11 is 0. The molecule has 0 radical (unpaired) electrons. The molecule has 0 atom stereocenters. The van der Waals surface area contributed by atoms with Gasteiger partial charge in [0.25, 0.3) is 6.43 Å². The molecule has 1 aromatic heterocycles. The number of amides is 1. The number of hydrogen-bond donors (Lipinski definition) is 1. The number of para-hydroxylation sites is 1. The number of piperazine rings is 1. The van der Waals surface area contributed by atoms with Crippen molar-refractivity contribution in [3.05, 3.63) is 47.8 Å². The van der Waals surface area contributed by atoms with Gasteiger partial charge in [0.05, 0.1) is 26.0 Å². The molecule has 1 aromatic carbocycles. The fraction of sp³-hybridized carbons (Fsp3) is 0.450. The van der Waals surface area contributed by atoms with Crippen molar-refractivity contribution in [2.75, 3.05) is 44.6 Å². The van der Waals surface area contributed by atoms with Crippen LogP contribution < -0.4 is 5.32 Å². The molecule has 1 fully saturated rings. The molecule has 8 nitrogen and oxygen atoms in total. The highest BCUT2D eigenvalue weighted by atomic mass is 19.3. The van der Waals surface area contributed by atoms with Gasteiger partial charge in [0.2, 0.25) is 5.91 Å². The Balaban J connectivity index is 1.52. The number of nitrogens with one attached hydrogen (secondary N) is 1. The van der Waals surface area contributed by atoms with E-state index >= 15 is 0 Å². The van der Waals surface area contributed by atoms with Gasteiger partial charge in [0.1, 0.15) is 11.3 Å². The molecule has 2 heterocycles. The van der Waals surface area contributed by atoms with Crippen LogP contribution in [0.2, 0.25) is 0 Å². The molecule has 1 amide bonds. The first-order valence-electron chi connectivity index (χ1n) is 9.78. The van der Waals surface area contributed by atoms with E-state index < -0.39 is 18.1 Å². The number of nitrogens with zero attached hydrogens (tertiary/aromatic N) is 4. The van der Waals surface area contributed by atoms with E-state index in [4.69, 9.17) is 4.74 Å². The topological polar surface area (TPSA) is 79.7 Å². The van der Waals surface area contributed by atoms with E-state index in [2.05, 4.69) is 10.4 Å². The predicted octanol–water partition coefficient (Wildman–Crippen LogP) is 2.21. The number of anilines is 1. The highest BCUT2D eigenvalue weighted by Crippen LogP contribution is 2.24. The summed E-state index contributed by atoms with van der Waals surface area (Å²) in [5.41, 5.74) is 0.109. The van der Waals surface area contributed by atoms with Crippen molar-refractivity contribution in [2.24, 2.45) is 0 Å². The van der Waals surface area contributed by atoms with Gasteiger partial charge in [-0.25, -0.2) is 18.3 Å². The standard InChI is InChI=1S/C20H25F2N5O3/c1-2-30-20(29)16-12-23-27(18(16)19(21)22)14-26-10-8-25(9-11-26)13-17(28)24-15-6-4-3-5-7-15/h3-7,12,19H,2,8-11,13-14H2,1H3,(H,24,28). The number of hydrogen-bond acceptors (Lipinski definition) is 6. The van der Waals surface area contributed by atoms with E-state index in [0.717, 1.165) is 16.6 Å². The predicted molar refractivity (Wildman–Crippen MR) is 106 cm³/mol. The number of halogens is 2. The summed E-state index contributed by atoms with van der Waals surface area (Å²) in [6.45, 7) is 4.56. The van der Waals surface area contributed by atoms with E-state index in [1.165, 1.54) is 0 Å². The first-order chi connectivity index (χ1) is 14.5. The summed E-state index contributed by atoms with van der Waals surface area (Å²) in [6.07, 6.45) is -1.71. The van der Waals surface area contributed by atoms with Crippen LogP contribution in [0.4, 0.5) is 14.5 Å². The van der Waals surface area contributed by atoms with E-state index in [1.54, 1.807) is 6.92 Å². The van der Waals surface area contributed by atoms with Crippen LogP contribution in [-0.4, -0.2) is 70.8 Å². The van der Waals surface area contributed by atoms with Gasteiger partial charge in [-0.05, 0) is 19.1 Å². The Hall–Kier alpha value is -2.85. The van der Waals surface area contributed by atoms with Crippen molar-refractivity contribution in [2.45, 2.75) is 20.0 Å². The first-order valence-corrected chi connectivity index (χ1v) is 9.78. The van der Waals surface area contributed by atoms with E-state index in [1.807, 2.05) is 40.1 Å². The largest absolute Gasteiger partial charge is 0.462 e. The Bertz CT molecular complexity index is 851. The molecule has 1 aliphatic rings. The molecule has 3 rings (SSSR count). The minimum atomic E-state index is -2.84. The summed E-state index contributed by atoms with van der Waals surface area (Å²) in [7, 11) is 0. The van der Waals surface area contributed by atoms with Crippen molar-refractivity contribution >= 4 is 17.6 Å². The Morgan fingerprint density at radius 1 is 1.13 bits per heavy atom. The molecule has 0 spiro atoms. The fourth-order valence-corrected chi connectivity index (χ4v) is 3.31. The Kier molecular flexibility index (Phi) is 7.47. The molecule has 1 saturated heterocycles. The molecule has 30 heavy (non-hydrogen) atoms. The van der Waals surface area contributed by atoms with Crippen molar-refractivity contribution < 1.29 is 23.1 Å². The SMILES string of the molecule is CCOC(=O)c1cnn(CN2CCN(CC(=O)Nc3ccccc3)CC2)c1C(F)F. The number of aromatic nitrogens is 2. The van der Waals surface area contributed by atoms with Crippen LogP contribution in [0.5, 0.6) is 0 Å². The van der Waals surface area contributed by atoms with Gasteiger partial charge in [-0.15, -0.1) is 0 Å². The summed E-state index contributed by atoms with van der Waals surface area (Å²) in [5, 5.41) is 6.81. The van der Waals surface area contributed by atoms with Crippen LogP contribution in [0.1, 0.15) is 29.4 Å². The number of esters is 1. The van der Waals surface area contributed by atoms with Crippen LogP contribution in [0.15, 0.2) is 36.5 Å². The maximum atomic E-state index is 13.5. The van der Waals surface area contributed by atoms with Crippen LogP contribution in [-0.2, 0) is 16.2 Å². The van der Waals surface area contributed by atoms with Crippen molar-refractivity contribution in [1.29, 1.82) is 0 Å². The monoisotopic (exact) mass is 421 g/mol. The van der Waals surface area contributed by atoms with Gasteiger partial charge >= 0.3 is 5.97 Å². The molecule has 0 unspecified atom stereocenters. The molecule has 0 aliphatic carbocycles. The van der Waals surface area contributed by atoms with Gasteiger partial charge in [0.15, 0.2) is 0 Å². The average Bonchev–Trinajstić information content (AvgIpc) is 3.14. The van der Waals surface area contributed by atoms with Gasteiger partial charge in [-0.2, -0.15) is 5.10 Å². The van der Waals surface area contributed by atoms with Gasteiger partial charge in [-0.1, -0.05) is 18.2 Å². The van der Waals surface area contributed by atoms with E-state index in [9.17, 15) is 18.4 Å². The second kappa shape index (κ2) is 10.3. The fourth-order valence-electron chi connectivity index (χ4n) is 3.31. The summed E-state index contributed by atoms with van der Waals surface area (Å²) in [4.78, 5) is 28.0. The van der Waals surface area contributed by atoms with Crippen LogP contribution in [0.25, 0.3) is 0 Å². The molecule has 0 saturated carbocycles. The summed E-state index contributed by atoms with van der Waals surface area (Å²) in [5.74, 6) is -0.894. The molecular formula is C20H25F2N5O3. The van der Waals surface area contributed by atoms with E-state index in [0.29, 0.717) is 26.2 Å².